The lowest BCUT2D eigenvalue weighted by Crippen LogP contribution is -2.44. The second kappa shape index (κ2) is 11.4. The Morgan fingerprint density at radius 1 is 1.00 bits per heavy atom. The summed E-state index contributed by atoms with van der Waals surface area (Å²) in [6.07, 6.45) is 2.35. The summed E-state index contributed by atoms with van der Waals surface area (Å²) in [5.74, 6) is -1.19. The molecule has 6 nitrogen and oxygen atoms in total. The molecular formula is C26H30F4N4O2. The first kappa shape index (κ1) is 26.1. The first-order valence-corrected chi connectivity index (χ1v) is 12.4. The lowest BCUT2D eigenvalue weighted by atomic mass is 9.92. The Hall–Kier alpha value is -3.01. The van der Waals surface area contributed by atoms with Gasteiger partial charge in [0.1, 0.15) is 17.2 Å². The molecule has 1 aliphatic carbocycles. The van der Waals surface area contributed by atoms with Gasteiger partial charge in [0, 0.05) is 29.8 Å². The van der Waals surface area contributed by atoms with Crippen molar-refractivity contribution in [1.29, 1.82) is 0 Å². The summed E-state index contributed by atoms with van der Waals surface area (Å²) in [4.78, 5) is 30.5. The molecular weight excluding hydrogens is 476 g/mol. The fourth-order valence-corrected chi connectivity index (χ4v) is 4.85. The van der Waals surface area contributed by atoms with Crippen molar-refractivity contribution >= 4 is 17.5 Å². The average molecular weight is 507 g/mol. The summed E-state index contributed by atoms with van der Waals surface area (Å²) in [7, 11) is 0. The molecule has 2 N–H and O–H groups in total. The van der Waals surface area contributed by atoms with Crippen molar-refractivity contribution in [3.63, 3.8) is 0 Å². The molecule has 10 heteroatoms. The minimum absolute atomic E-state index is 0.0430. The Morgan fingerprint density at radius 3 is 2.42 bits per heavy atom. The standard InChI is InChI=1S/C26H30F4N4O2/c27-21-10-9-20(32-25(36)22-7-4-8-23(33-22)26(28,29)30)15-18(21)16-34-13-11-17(12-14-34)24(35)31-19-5-2-1-3-6-19/h4,7-10,15,17,19H,1-3,5-6,11-14,16H2,(H,31,35)(H,32,36). The van der Waals surface area contributed by atoms with E-state index in [1.807, 2.05) is 0 Å². The summed E-state index contributed by atoms with van der Waals surface area (Å²) >= 11 is 0. The van der Waals surface area contributed by atoms with Crippen molar-refractivity contribution in [2.45, 2.75) is 63.7 Å². The average Bonchev–Trinajstić information content (AvgIpc) is 2.86. The van der Waals surface area contributed by atoms with Crippen LogP contribution in [0.1, 0.15) is 66.7 Å². The van der Waals surface area contributed by atoms with Gasteiger partial charge in [0.25, 0.3) is 5.91 Å². The van der Waals surface area contributed by atoms with E-state index in [2.05, 4.69) is 20.5 Å². The zero-order valence-electron chi connectivity index (χ0n) is 19.9. The van der Waals surface area contributed by atoms with Crippen LogP contribution in [0.4, 0.5) is 23.2 Å². The van der Waals surface area contributed by atoms with E-state index in [0.717, 1.165) is 37.8 Å². The molecule has 4 rings (SSSR count). The number of benzene rings is 1. The number of rotatable bonds is 6. The van der Waals surface area contributed by atoms with Crippen molar-refractivity contribution < 1.29 is 27.2 Å². The number of pyridine rings is 1. The van der Waals surface area contributed by atoms with Crippen LogP contribution in [-0.2, 0) is 17.5 Å². The third-order valence-corrected chi connectivity index (χ3v) is 6.88. The van der Waals surface area contributed by atoms with Crippen LogP contribution in [0.3, 0.4) is 0 Å². The normalized spacial score (nSPS) is 18.1. The molecule has 0 spiro atoms. The second-order valence-electron chi connectivity index (χ2n) is 9.56. The highest BCUT2D eigenvalue weighted by Gasteiger charge is 2.33. The molecule has 0 unspecified atom stereocenters. The molecule has 1 saturated heterocycles. The van der Waals surface area contributed by atoms with E-state index < -0.39 is 23.6 Å². The zero-order chi connectivity index (χ0) is 25.7. The maximum absolute atomic E-state index is 14.5. The molecule has 2 heterocycles. The number of likely N-dealkylation sites (tertiary alicyclic amines) is 1. The Kier molecular flexibility index (Phi) is 8.23. The van der Waals surface area contributed by atoms with Crippen LogP contribution in [0.5, 0.6) is 0 Å². The van der Waals surface area contributed by atoms with Gasteiger partial charge >= 0.3 is 6.18 Å². The number of alkyl halides is 3. The quantitative estimate of drug-likeness (QED) is 0.532. The predicted molar refractivity (Wildman–Crippen MR) is 127 cm³/mol. The monoisotopic (exact) mass is 506 g/mol. The predicted octanol–water partition coefficient (Wildman–Crippen LogP) is 5.15. The molecule has 2 aromatic rings. The number of nitrogens with one attached hydrogen (secondary N) is 2. The summed E-state index contributed by atoms with van der Waals surface area (Å²) in [6, 6.07) is 7.41. The molecule has 36 heavy (non-hydrogen) atoms. The molecule has 1 aromatic heterocycles. The van der Waals surface area contributed by atoms with E-state index in [4.69, 9.17) is 0 Å². The van der Waals surface area contributed by atoms with Crippen LogP contribution in [0, 0.1) is 11.7 Å². The van der Waals surface area contributed by atoms with Gasteiger partial charge in [-0.2, -0.15) is 13.2 Å². The second-order valence-corrected chi connectivity index (χ2v) is 9.56. The van der Waals surface area contributed by atoms with Crippen LogP contribution in [0.25, 0.3) is 0 Å². The zero-order valence-corrected chi connectivity index (χ0v) is 19.9. The molecule has 2 fully saturated rings. The van der Waals surface area contributed by atoms with Gasteiger partial charge < -0.3 is 10.6 Å². The number of carbonyl (C=O) groups is 2. The number of aromatic nitrogens is 1. The summed E-state index contributed by atoms with van der Waals surface area (Å²) < 4.78 is 53.2. The van der Waals surface area contributed by atoms with Gasteiger partial charge in [-0.3, -0.25) is 14.5 Å². The number of piperidine rings is 1. The van der Waals surface area contributed by atoms with E-state index in [9.17, 15) is 27.2 Å². The minimum Gasteiger partial charge on any atom is -0.353 e. The Bertz CT molecular complexity index is 1080. The number of nitrogens with zero attached hydrogens (tertiary/aromatic N) is 2. The third kappa shape index (κ3) is 6.81. The summed E-state index contributed by atoms with van der Waals surface area (Å²) in [5.41, 5.74) is -0.928. The van der Waals surface area contributed by atoms with E-state index in [1.165, 1.54) is 30.7 Å². The molecule has 0 radical (unpaired) electrons. The topological polar surface area (TPSA) is 74.3 Å². The number of anilines is 1. The van der Waals surface area contributed by atoms with E-state index in [0.29, 0.717) is 38.0 Å². The number of halogens is 4. The molecule has 0 bridgehead atoms. The first-order chi connectivity index (χ1) is 17.2. The lowest BCUT2D eigenvalue weighted by Gasteiger charge is -2.33. The lowest BCUT2D eigenvalue weighted by molar-refractivity contribution is -0.141. The highest BCUT2D eigenvalue weighted by atomic mass is 19.4. The summed E-state index contributed by atoms with van der Waals surface area (Å²) in [6.45, 7) is 1.59. The SMILES string of the molecule is O=C(Nc1ccc(F)c(CN2CCC(C(=O)NC3CCCCC3)CC2)c1)c1cccc(C(F)(F)F)n1. The Balaban J connectivity index is 1.32. The van der Waals surface area contributed by atoms with Crippen molar-refractivity contribution in [2.24, 2.45) is 5.92 Å². The number of carbonyl (C=O) groups excluding carboxylic acids is 2. The Morgan fingerprint density at radius 2 is 1.72 bits per heavy atom. The number of amides is 2. The van der Waals surface area contributed by atoms with E-state index in [-0.39, 0.29) is 29.2 Å². The fourth-order valence-electron chi connectivity index (χ4n) is 4.85. The minimum atomic E-state index is -4.66. The van der Waals surface area contributed by atoms with Crippen LogP contribution < -0.4 is 10.6 Å². The van der Waals surface area contributed by atoms with Crippen molar-refractivity contribution in [2.75, 3.05) is 18.4 Å². The van der Waals surface area contributed by atoms with Crippen molar-refractivity contribution in [1.82, 2.24) is 15.2 Å². The van der Waals surface area contributed by atoms with Gasteiger partial charge in [0.15, 0.2) is 0 Å². The van der Waals surface area contributed by atoms with E-state index in [1.54, 1.807) is 0 Å². The van der Waals surface area contributed by atoms with Crippen LogP contribution >= 0.6 is 0 Å². The van der Waals surface area contributed by atoms with Crippen LogP contribution in [-0.4, -0.2) is 40.8 Å². The first-order valence-electron chi connectivity index (χ1n) is 12.4. The maximum Gasteiger partial charge on any atom is 0.433 e. The van der Waals surface area contributed by atoms with Gasteiger partial charge in [-0.1, -0.05) is 25.3 Å². The molecule has 0 atom stereocenters. The summed E-state index contributed by atoms with van der Waals surface area (Å²) in [5, 5.41) is 5.68. The molecule has 1 aliphatic heterocycles. The molecule has 1 aromatic carbocycles. The van der Waals surface area contributed by atoms with Gasteiger partial charge in [-0.25, -0.2) is 9.37 Å². The van der Waals surface area contributed by atoms with Crippen LogP contribution in [0.2, 0.25) is 0 Å². The van der Waals surface area contributed by atoms with Gasteiger partial charge in [0.05, 0.1) is 0 Å². The fraction of sp³-hybridized carbons (Fsp3) is 0.500. The van der Waals surface area contributed by atoms with Crippen molar-refractivity contribution in [3.8, 4) is 0 Å². The smallest absolute Gasteiger partial charge is 0.353 e. The van der Waals surface area contributed by atoms with Crippen LogP contribution in [0.15, 0.2) is 36.4 Å². The third-order valence-electron chi connectivity index (χ3n) is 6.88. The van der Waals surface area contributed by atoms with Gasteiger partial charge in [-0.05, 0) is 69.1 Å². The molecule has 194 valence electrons. The number of hydrogen-bond donors (Lipinski definition) is 2. The highest BCUT2D eigenvalue weighted by Crippen LogP contribution is 2.28. The largest absolute Gasteiger partial charge is 0.433 e. The number of hydrogen-bond acceptors (Lipinski definition) is 4. The van der Waals surface area contributed by atoms with E-state index >= 15 is 0 Å². The van der Waals surface area contributed by atoms with Gasteiger partial charge in [-0.15, -0.1) is 0 Å². The maximum atomic E-state index is 14.5. The molecule has 1 saturated carbocycles. The Labute approximate surface area is 207 Å². The molecule has 2 amide bonds. The van der Waals surface area contributed by atoms with Crippen molar-refractivity contribution in [3.05, 3.63) is 59.2 Å². The highest BCUT2D eigenvalue weighted by molar-refractivity contribution is 6.02. The van der Waals surface area contributed by atoms with Gasteiger partial charge in [0.2, 0.25) is 5.91 Å². The molecule has 2 aliphatic rings.